The van der Waals surface area contributed by atoms with E-state index in [-0.39, 0.29) is 5.91 Å². The van der Waals surface area contributed by atoms with Crippen LogP contribution in [0.4, 0.5) is 5.69 Å². The van der Waals surface area contributed by atoms with Gasteiger partial charge in [-0.25, -0.2) is 0 Å². The lowest BCUT2D eigenvalue weighted by molar-refractivity contribution is -0.110. The number of allylic oxidation sites excluding steroid dienone is 1. The maximum absolute atomic E-state index is 11.7. The van der Waals surface area contributed by atoms with Crippen molar-refractivity contribution in [3.63, 3.8) is 0 Å². The topological polar surface area (TPSA) is 50.7 Å². The van der Waals surface area contributed by atoms with E-state index in [0.29, 0.717) is 22.6 Å². The van der Waals surface area contributed by atoms with Crippen molar-refractivity contribution in [2.24, 2.45) is 4.99 Å². The van der Waals surface area contributed by atoms with E-state index in [9.17, 15) is 4.79 Å². The minimum absolute atomic E-state index is 0.161. The average Bonchev–Trinajstić information content (AvgIpc) is 3.36. The zero-order valence-electron chi connectivity index (χ0n) is 18.0. The molecule has 0 unspecified atom stereocenters. The number of halogens is 1. The molecule has 0 radical (unpaired) electrons. The molecular weight excluding hydrogens is 408 g/mol. The fourth-order valence-corrected chi connectivity index (χ4v) is 4.35. The second-order valence-corrected chi connectivity index (χ2v) is 8.45. The molecule has 0 saturated heterocycles. The number of anilines is 1. The third-order valence-electron chi connectivity index (χ3n) is 6.15. The number of aliphatic imine (C=N–C) groups is 1. The third kappa shape index (κ3) is 4.51. The molecule has 2 aromatic carbocycles. The molecule has 2 aromatic rings. The van der Waals surface area contributed by atoms with Gasteiger partial charge in [0.25, 0.3) is 5.91 Å². The quantitative estimate of drug-likeness (QED) is 0.576. The summed E-state index contributed by atoms with van der Waals surface area (Å²) < 4.78 is 5.35. The number of ether oxygens (including phenoxy) is 1. The number of rotatable bonds is 4. The Balaban J connectivity index is 0.000000282. The number of benzene rings is 2. The summed E-state index contributed by atoms with van der Waals surface area (Å²) in [4.78, 5) is 15.9. The number of methoxy groups -OCH3 is 1. The van der Waals surface area contributed by atoms with Crippen LogP contribution in [0.5, 0.6) is 0 Å². The van der Waals surface area contributed by atoms with Crippen molar-refractivity contribution in [2.75, 3.05) is 19.0 Å². The SMILES string of the molecule is C=C1C(=O)Nc2cc(Cl)c(-c3ccc(C4CC(OC)C4)cc3)cc21.CCC1=NCC=C1. The summed E-state index contributed by atoms with van der Waals surface area (Å²) in [6, 6.07) is 12.2. The van der Waals surface area contributed by atoms with Crippen LogP contribution in [-0.2, 0) is 9.53 Å². The number of carbonyl (C=O) groups is 1. The van der Waals surface area contributed by atoms with Crippen molar-refractivity contribution in [2.45, 2.75) is 38.2 Å². The molecule has 2 aliphatic heterocycles. The first-order valence-corrected chi connectivity index (χ1v) is 11.0. The molecule has 1 N–H and O–H groups in total. The van der Waals surface area contributed by atoms with Crippen LogP contribution in [0.1, 0.15) is 43.2 Å². The zero-order valence-corrected chi connectivity index (χ0v) is 18.7. The Morgan fingerprint density at radius 1 is 1.19 bits per heavy atom. The summed E-state index contributed by atoms with van der Waals surface area (Å²) >= 11 is 6.42. The summed E-state index contributed by atoms with van der Waals surface area (Å²) in [5, 5.41) is 3.41. The molecule has 3 aliphatic rings. The molecule has 31 heavy (non-hydrogen) atoms. The molecule has 1 fully saturated rings. The lowest BCUT2D eigenvalue weighted by atomic mass is 9.77. The van der Waals surface area contributed by atoms with Gasteiger partial charge < -0.3 is 10.1 Å². The Morgan fingerprint density at radius 2 is 1.94 bits per heavy atom. The number of fused-ring (bicyclic) bond motifs is 1. The fraction of sp³-hybridized carbons (Fsp3) is 0.308. The maximum Gasteiger partial charge on any atom is 0.255 e. The highest BCUT2D eigenvalue weighted by Gasteiger charge is 2.30. The van der Waals surface area contributed by atoms with Gasteiger partial charge in [0.2, 0.25) is 0 Å². The predicted octanol–water partition coefficient (Wildman–Crippen LogP) is 6.27. The predicted molar refractivity (Wildman–Crippen MR) is 129 cm³/mol. The first-order valence-electron chi connectivity index (χ1n) is 10.7. The Hall–Kier alpha value is -2.69. The number of hydrogen-bond donors (Lipinski definition) is 1. The van der Waals surface area contributed by atoms with Crippen molar-refractivity contribution < 1.29 is 9.53 Å². The average molecular weight is 435 g/mol. The van der Waals surface area contributed by atoms with Crippen LogP contribution >= 0.6 is 11.6 Å². The van der Waals surface area contributed by atoms with Gasteiger partial charge in [-0.05, 0) is 54.5 Å². The summed E-state index contributed by atoms with van der Waals surface area (Å²) in [5.41, 5.74) is 6.58. The van der Waals surface area contributed by atoms with Gasteiger partial charge in [-0.3, -0.25) is 9.79 Å². The maximum atomic E-state index is 11.7. The molecule has 2 heterocycles. The molecule has 5 heteroatoms. The van der Waals surface area contributed by atoms with Crippen LogP contribution in [-0.4, -0.2) is 31.4 Å². The second kappa shape index (κ2) is 9.21. The zero-order chi connectivity index (χ0) is 22.0. The van der Waals surface area contributed by atoms with E-state index in [4.69, 9.17) is 16.3 Å². The smallest absolute Gasteiger partial charge is 0.255 e. The van der Waals surface area contributed by atoms with Crippen LogP contribution in [0, 0.1) is 0 Å². The number of nitrogens with one attached hydrogen (secondary N) is 1. The standard InChI is InChI=1S/C20H18ClNO2.C6H9N/c1-11-16-9-17(18(21)10-19(16)22-20(11)23)13-5-3-12(4-6-13)14-7-15(8-14)24-2;1-2-6-4-3-5-7-6/h3-6,9-10,14-15H,1,7-8H2,2H3,(H,22,23);3-4H,2,5H2,1H3. The fourth-order valence-electron chi connectivity index (χ4n) is 4.07. The van der Waals surface area contributed by atoms with Crippen molar-refractivity contribution in [3.8, 4) is 11.1 Å². The third-order valence-corrected chi connectivity index (χ3v) is 6.46. The molecule has 160 valence electrons. The van der Waals surface area contributed by atoms with Crippen LogP contribution in [0.2, 0.25) is 5.02 Å². The number of nitrogens with zero attached hydrogens (tertiary/aromatic N) is 1. The van der Waals surface area contributed by atoms with Crippen LogP contribution in [0.3, 0.4) is 0 Å². The van der Waals surface area contributed by atoms with E-state index < -0.39 is 0 Å². The normalized spacial score (nSPS) is 21.1. The number of hydrogen-bond acceptors (Lipinski definition) is 3. The van der Waals surface area contributed by atoms with Gasteiger partial charge in [-0.1, -0.05) is 55.4 Å². The van der Waals surface area contributed by atoms with E-state index in [1.807, 2.05) is 6.07 Å². The first-order chi connectivity index (χ1) is 15.0. The van der Waals surface area contributed by atoms with Crippen LogP contribution < -0.4 is 5.32 Å². The molecule has 0 bridgehead atoms. The highest BCUT2D eigenvalue weighted by Crippen LogP contribution is 2.41. The highest BCUT2D eigenvalue weighted by atomic mass is 35.5. The lowest BCUT2D eigenvalue weighted by Crippen LogP contribution is -2.28. The molecule has 1 aliphatic carbocycles. The number of carbonyl (C=O) groups excluding carboxylic acids is 1. The van der Waals surface area contributed by atoms with Gasteiger partial charge in [-0.15, -0.1) is 0 Å². The molecule has 5 rings (SSSR count). The van der Waals surface area contributed by atoms with E-state index in [1.54, 1.807) is 13.2 Å². The minimum Gasteiger partial charge on any atom is -0.381 e. The van der Waals surface area contributed by atoms with Gasteiger partial charge in [0.1, 0.15) is 0 Å². The molecule has 0 aromatic heterocycles. The minimum atomic E-state index is -0.161. The Bertz CT molecular complexity index is 1060. The lowest BCUT2D eigenvalue weighted by Gasteiger charge is -2.34. The van der Waals surface area contributed by atoms with Crippen LogP contribution in [0.15, 0.2) is 60.1 Å². The Morgan fingerprint density at radius 3 is 2.52 bits per heavy atom. The highest BCUT2D eigenvalue weighted by molar-refractivity contribution is 6.36. The number of amides is 1. The largest absolute Gasteiger partial charge is 0.381 e. The molecule has 1 amide bonds. The second-order valence-electron chi connectivity index (χ2n) is 8.05. The summed E-state index contributed by atoms with van der Waals surface area (Å²) in [6.45, 7) is 6.87. The summed E-state index contributed by atoms with van der Waals surface area (Å²) in [6.07, 6.45) is 7.82. The monoisotopic (exact) mass is 434 g/mol. The Kier molecular flexibility index (Phi) is 6.40. The van der Waals surface area contributed by atoms with E-state index >= 15 is 0 Å². The van der Waals surface area contributed by atoms with Crippen molar-refractivity contribution in [1.29, 1.82) is 0 Å². The molecular formula is C26H27ClN2O2. The van der Waals surface area contributed by atoms with E-state index in [1.165, 1.54) is 11.3 Å². The van der Waals surface area contributed by atoms with Gasteiger partial charge in [0, 0.05) is 29.5 Å². The Labute approximate surface area is 188 Å². The van der Waals surface area contributed by atoms with Gasteiger partial charge in [0.15, 0.2) is 0 Å². The first kappa shape index (κ1) is 21.5. The van der Waals surface area contributed by atoms with E-state index in [0.717, 1.165) is 48.2 Å². The van der Waals surface area contributed by atoms with Crippen molar-refractivity contribution in [1.82, 2.24) is 0 Å². The molecule has 0 spiro atoms. The molecule has 0 atom stereocenters. The van der Waals surface area contributed by atoms with Crippen molar-refractivity contribution >= 4 is 34.5 Å². The molecule has 4 nitrogen and oxygen atoms in total. The van der Waals surface area contributed by atoms with Crippen molar-refractivity contribution in [3.05, 3.63) is 71.3 Å². The van der Waals surface area contributed by atoms with Gasteiger partial charge in [-0.2, -0.15) is 0 Å². The van der Waals surface area contributed by atoms with E-state index in [2.05, 4.69) is 60.2 Å². The molecule has 1 saturated carbocycles. The van der Waals surface area contributed by atoms with Gasteiger partial charge in [0.05, 0.1) is 23.4 Å². The summed E-state index contributed by atoms with van der Waals surface area (Å²) in [7, 11) is 1.77. The summed E-state index contributed by atoms with van der Waals surface area (Å²) in [5.74, 6) is 0.423. The van der Waals surface area contributed by atoms with Crippen LogP contribution in [0.25, 0.3) is 16.7 Å². The van der Waals surface area contributed by atoms with Gasteiger partial charge >= 0.3 is 0 Å².